The lowest BCUT2D eigenvalue weighted by molar-refractivity contribution is -0.121. The number of aromatic nitrogens is 3. The molecular formula is C24H22N4O. The number of carbonyl (C=O) groups excluding carboxylic acids is 1. The minimum Gasteiger partial charge on any atom is -0.352 e. The topological polar surface area (TPSA) is 59.8 Å². The van der Waals surface area contributed by atoms with Crippen LogP contribution in [0.3, 0.4) is 0 Å². The van der Waals surface area contributed by atoms with Crippen molar-refractivity contribution in [3.8, 4) is 5.82 Å². The van der Waals surface area contributed by atoms with Crippen molar-refractivity contribution in [2.75, 3.05) is 0 Å². The van der Waals surface area contributed by atoms with E-state index in [1.807, 2.05) is 60.8 Å². The lowest BCUT2D eigenvalue weighted by Gasteiger charge is -2.18. The minimum absolute atomic E-state index is 0.0140. The average molecular weight is 382 g/mol. The fraction of sp³-hybridized carbons (Fsp3) is 0.125. The van der Waals surface area contributed by atoms with Crippen molar-refractivity contribution in [1.82, 2.24) is 20.1 Å². The average Bonchev–Trinajstić information content (AvgIpc) is 3.33. The Kier molecular flexibility index (Phi) is 5.76. The number of hydrogen-bond donors (Lipinski definition) is 1. The zero-order chi connectivity index (χ0) is 19.9. The first-order valence-electron chi connectivity index (χ1n) is 9.61. The van der Waals surface area contributed by atoms with E-state index in [1.165, 1.54) is 0 Å². The summed E-state index contributed by atoms with van der Waals surface area (Å²) in [6, 6.07) is 26.0. The molecule has 0 atom stereocenters. The summed E-state index contributed by atoms with van der Waals surface area (Å²) in [6.45, 7) is 0.450. The number of amides is 1. The second kappa shape index (κ2) is 8.97. The Morgan fingerprint density at radius 1 is 0.897 bits per heavy atom. The van der Waals surface area contributed by atoms with E-state index in [0.29, 0.717) is 13.0 Å². The molecule has 0 bridgehead atoms. The van der Waals surface area contributed by atoms with Crippen LogP contribution in [0.5, 0.6) is 0 Å². The predicted octanol–water partition coefficient (Wildman–Crippen LogP) is 4.11. The van der Waals surface area contributed by atoms with Crippen LogP contribution in [0.15, 0.2) is 97.5 Å². The number of rotatable bonds is 7. The molecule has 2 aromatic heterocycles. The van der Waals surface area contributed by atoms with E-state index in [1.54, 1.807) is 17.1 Å². The summed E-state index contributed by atoms with van der Waals surface area (Å²) in [5.41, 5.74) is 3.26. The molecule has 4 rings (SSSR count). The van der Waals surface area contributed by atoms with Crippen molar-refractivity contribution in [3.63, 3.8) is 0 Å². The lowest BCUT2D eigenvalue weighted by atomic mass is 9.88. The molecule has 2 heterocycles. The minimum atomic E-state index is 0.0140. The smallest absolute Gasteiger partial charge is 0.221 e. The van der Waals surface area contributed by atoms with Crippen molar-refractivity contribution in [1.29, 1.82) is 0 Å². The van der Waals surface area contributed by atoms with Crippen molar-refractivity contribution in [2.24, 2.45) is 0 Å². The fourth-order valence-electron chi connectivity index (χ4n) is 3.36. The number of nitrogens with zero attached hydrogens (tertiary/aromatic N) is 3. The molecule has 2 aromatic carbocycles. The third-order valence-corrected chi connectivity index (χ3v) is 4.83. The van der Waals surface area contributed by atoms with Gasteiger partial charge in [0.05, 0.1) is 0 Å². The van der Waals surface area contributed by atoms with Crippen molar-refractivity contribution in [3.05, 3.63) is 114 Å². The zero-order valence-electron chi connectivity index (χ0n) is 16.0. The maximum absolute atomic E-state index is 12.7. The van der Waals surface area contributed by atoms with Crippen LogP contribution >= 0.6 is 0 Å². The molecule has 29 heavy (non-hydrogen) atoms. The number of nitrogens with one attached hydrogen (secondary N) is 1. The van der Waals surface area contributed by atoms with E-state index >= 15 is 0 Å². The van der Waals surface area contributed by atoms with Gasteiger partial charge in [-0.3, -0.25) is 4.79 Å². The quantitative estimate of drug-likeness (QED) is 0.523. The lowest BCUT2D eigenvalue weighted by Crippen LogP contribution is -2.25. The highest BCUT2D eigenvalue weighted by molar-refractivity contribution is 5.77. The molecule has 0 saturated heterocycles. The highest BCUT2D eigenvalue weighted by Gasteiger charge is 2.18. The van der Waals surface area contributed by atoms with Gasteiger partial charge in [-0.2, -0.15) is 5.10 Å². The Balaban J connectivity index is 1.44. The molecule has 0 radical (unpaired) electrons. The van der Waals surface area contributed by atoms with Crippen molar-refractivity contribution in [2.45, 2.75) is 18.9 Å². The summed E-state index contributed by atoms with van der Waals surface area (Å²) in [5.74, 6) is 0.767. The van der Waals surface area contributed by atoms with Gasteiger partial charge in [-0.15, -0.1) is 0 Å². The molecule has 0 fully saturated rings. The summed E-state index contributed by atoms with van der Waals surface area (Å²) in [4.78, 5) is 17.1. The Morgan fingerprint density at radius 3 is 2.21 bits per heavy atom. The Bertz CT molecular complexity index is 1010. The van der Waals surface area contributed by atoms with Crippen LogP contribution in [-0.4, -0.2) is 20.7 Å². The van der Waals surface area contributed by atoms with Crippen molar-refractivity contribution < 1.29 is 4.79 Å². The molecule has 5 nitrogen and oxygen atoms in total. The molecule has 5 heteroatoms. The molecular weight excluding hydrogens is 360 g/mol. The number of hydrogen-bond acceptors (Lipinski definition) is 3. The molecule has 0 aliphatic rings. The second-order valence-corrected chi connectivity index (χ2v) is 6.83. The van der Waals surface area contributed by atoms with Crippen LogP contribution in [-0.2, 0) is 11.3 Å². The summed E-state index contributed by atoms with van der Waals surface area (Å²) in [5, 5.41) is 7.24. The molecule has 1 amide bonds. The Morgan fingerprint density at radius 2 is 1.59 bits per heavy atom. The first-order valence-corrected chi connectivity index (χ1v) is 9.61. The maximum atomic E-state index is 12.7. The van der Waals surface area contributed by atoms with E-state index in [4.69, 9.17) is 0 Å². The summed E-state index contributed by atoms with van der Waals surface area (Å²) >= 11 is 0. The van der Waals surface area contributed by atoms with Gasteiger partial charge in [0.15, 0.2) is 5.82 Å². The monoisotopic (exact) mass is 382 g/mol. The molecule has 0 aliphatic carbocycles. The van der Waals surface area contributed by atoms with Crippen LogP contribution in [0.4, 0.5) is 0 Å². The molecule has 0 spiro atoms. The number of carbonyl (C=O) groups is 1. The van der Waals surface area contributed by atoms with Gasteiger partial charge in [0.2, 0.25) is 5.91 Å². The first-order chi connectivity index (χ1) is 14.3. The Labute approximate surface area is 170 Å². The van der Waals surface area contributed by atoms with Crippen LogP contribution in [0.2, 0.25) is 0 Å². The number of pyridine rings is 1. The third-order valence-electron chi connectivity index (χ3n) is 4.83. The maximum Gasteiger partial charge on any atom is 0.221 e. The van der Waals surface area contributed by atoms with Gasteiger partial charge in [0.1, 0.15) is 0 Å². The van der Waals surface area contributed by atoms with E-state index in [9.17, 15) is 4.79 Å². The number of benzene rings is 2. The van der Waals surface area contributed by atoms with E-state index in [-0.39, 0.29) is 11.8 Å². The zero-order valence-corrected chi connectivity index (χ0v) is 16.0. The molecule has 0 aliphatic heterocycles. The van der Waals surface area contributed by atoms with Crippen LogP contribution < -0.4 is 5.32 Å². The highest BCUT2D eigenvalue weighted by Crippen LogP contribution is 2.27. The first kappa shape index (κ1) is 18.6. The standard InChI is InChI=1S/C24H22N4O/c29-24(26-18-19-12-14-25-23(16-19)28-15-7-13-27-28)17-22(20-8-3-1-4-9-20)21-10-5-2-6-11-21/h1-16,22H,17-18H2,(H,26,29). The van der Waals surface area contributed by atoms with E-state index in [2.05, 4.69) is 39.7 Å². The molecule has 0 unspecified atom stereocenters. The van der Waals surface area contributed by atoms with Crippen LogP contribution in [0.1, 0.15) is 29.0 Å². The summed E-state index contributed by atoms with van der Waals surface area (Å²) < 4.78 is 1.70. The molecule has 1 N–H and O–H groups in total. The van der Waals surface area contributed by atoms with Crippen LogP contribution in [0, 0.1) is 0 Å². The Hall–Kier alpha value is -3.73. The molecule has 144 valence electrons. The van der Waals surface area contributed by atoms with Crippen molar-refractivity contribution >= 4 is 5.91 Å². The summed E-state index contributed by atoms with van der Waals surface area (Å²) in [7, 11) is 0. The van der Waals surface area contributed by atoms with Gasteiger partial charge >= 0.3 is 0 Å². The molecule has 0 saturated carbocycles. The predicted molar refractivity (Wildman–Crippen MR) is 113 cm³/mol. The third kappa shape index (κ3) is 4.76. The normalized spacial score (nSPS) is 10.8. The van der Waals surface area contributed by atoms with Gasteiger partial charge in [0, 0.05) is 37.5 Å². The summed E-state index contributed by atoms with van der Waals surface area (Å²) in [6.07, 6.45) is 5.68. The van der Waals surface area contributed by atoms with Gasteiger partial charge in [-0.25, -0.2) is 9.67 Å². The van der Waals surface area contributed by atoms with Crippen LogP contribution in [0.25, 0.3) is 5.82 Å². The van der Waals surface area contributed by atoms with Gasteiger partial charge in [-0.05, 0) is 34.9 Å². The van der Waals surface area contributed by atoms with E-state index < -0.39 is 0 Å². The van der Waals surface area contributed by atoms with Gasteiger partial charge < -0.3 is 5.32 Å². The second-order valence-electron chi connectivity index (χ2n) is 6.83. The molecule has 4 aromatic rings. The van der Waals surface area contributed by atoms with Gasteiger partial charge in [0.25, 0.3) is 0 Å². The highest BCUT2D eigenvalue weighted by atomic mass is 16.1. The van der Waals surface area contributed by atoms with E-state index in [0.717, 1.165) is 22.5 Å². The fourth-order valence-corrected chi connectivity index (χ4v) is 3.36. The van der Waals surface area contributed by atoms with Gasteiger partial charge in [-0.1, -0.05) is 60.7 Å². The largest absolute Gasteiger partial charge is 0.352 e. The SMILES string of the molecule is O=C(CC(c1ccccc1)c1ccccc1)NCc1ccnc(-n2cccn2)c1.